The van der Waals surface area contributed by atoms with E-state index in [2.05, 4.69) is 24.2 Å². The quantitative estimate of drug-likeness (QED) is 0.522. The number of rotatable bonds is 9. The Balaban J connectivity index is 1.89. The van der Waals surface area contributed by atoms with E-state index in [1.54, 1.807) is 7.11 Å². The van der Waals surface area contributed by atoms with Crippen molar-refractivity contribution in [2.75, 3.05) is 40.4 Å². The molecule has 0 aromatic carbocycles. The molecule has 2 aliphatic carbocycles. The number of nitrogens with one attached hydrogen (secondary N) is 1. The van der Waals surface area contributed by atoms with Crippen molar-refractivity contribution in [1.82, 2.24) is 10.2 Å². The second-order valence-corrected chi connectivity index (χ2v) is 7.58. The normalized spacial score (nSPS) is 24.0. The van der Waals surface area contributed by atoms with Gasteiger partial charge < -0.3 is 15.0 Å². The van der Waals surface area contributed by atoms with Crippen LogP contribution in [0.25, 0.3) is 0 Å². The van der Waals surface area contributed by atoms with E-state index < -0.39 is 0 Å². The van der Waals surface area contributed by atoms with E-state index in [9.17, 15) is 0 Å². The number of hydrogen-bond donors (Lipinski definition) is 1. The van der Waals surface area contributed by atoms with Crippen molar-refractivity contribution in [3.8, 4) is 0 Å². The second kappa shape index (κ2) is 8.50. The van der Waals surface area contributed by atoms with Crippen molar-refractivity contribution in [3.05, 3.63) is 0 Å². The maximum atomic E-state index is 5.17. The molecule has 1 unspecified atom stereocenters. The largest absolute Gasteiger partial charge is 0.383 e. The molecule has 2 fully saturated rings. The zero-order valence-corrected chi connectivity index (χ0v) is 14.5. The van der Waals surface area contributed by atoms with Crippen LogP contribution in [0.15, 0.2) is 0 Å². The third-order valence-corrected chi connectivity index (χ3v) is 5.73. The number of hydrogen-bond acceptors (Lipinski definition) is 3. The van der Waals surface area contributed by atoms with Gasteiger partial charge in [0.2, 0.25) is 0 Å². The molecule has 0 amide bonds. The summed E-state index contributed by atoms with van der Waals surface area (Å²) < 4.78 is 5.17. The highest BCUT2D eigenvalue weighted by Crippen LogP contribution is 2.39. The van der Waals surface area contributed by atoms with Gasteiger partial charge in [0.1, 0.15) is 0 Å². The van der Waals surface area contributed by atoms with Crippen LogP contribution < -0.4 is 5.32 Å². The molecule has 2 rings (SSSR count). The highest BCUT2D eigenvalue weighted by molar-refractivity contribution is 4.90. The molecule has 0 radical (unpaired) electrons. The first kappa shape index (κ1) is 17.2. The van der Waals surface area contributed by atoms with Gasteiger partial charge in [-0.05, 0) is 51.0 Å². The summed E-state index contributed by atoms with van der Waals surface area (Å²) in [5.41, 5.74) is 0.488. The first-order valence-corrected chi connectivity index (χ1v) is 9.07. The molecule has 0 aromatic heterocycles. The highest BCUT2D eigenvalue weighted by Gasteiger charge is 2.36. The van der Waals surface area contributed by atoms with E-state index in [0.717, 1.165) is 31.7 Å². The summed E-state index contributed by atoms with van der Waals surface area (Å²) in [6.45, 7) is 6.67. The lowest BCUT2D eigenvalue weighted by Gasteiger charge is -2.39. The molecule has 1 atom stereocenters. The lowest BCUT2D eigenvalue weighted by atomic mass is 9.79. The van der Waals surface area contributed by atoms with Crippen molar-refractivity contribution in [2.24, 2.45) is 11.3 Å². The molecule has 3 nitrogen and oxygen atoms in total. The predicted octanol–water partition coefficient (Wildman–Crippen LogP) is 3.29. The minimum Gasteiger partial charge on any atom is -0.383 e. The molecule has 0 aromatic rings. The van der Waals surface area contributed by atoms with Gasteiger partial charge in [0.05, 0.1) is 6.61 Å². The van der Waals surface area contributed by atoms with E-state index in [1.165, 1.54) is 57.9 Å². The minimum absolute atomic E-state index is 0.488. The van der Waals surface area contributed by atoms with Crippen LogP contribution in [0.4, 0.5) is 0 Å². The second-order valence-electron chi connectivity index (χ2n) is 7.58. The van der Waals surface area contributed by atoms with Crippen molar-refractivity contribution in [3.63, 3.8) is 0 Å². The monoisotopic (exact) mass is 296 g/mol. The third kappa shape index (κ3) is 5.54. The molecule has 0 bridgehead atoms. The molecule has 21 heavy (non-hydrogen) atoms. The van der Waals surface area contributed by atoms with Gasteiger partial charge in [-0.2, -0.15) is 0 Å². The molecule has 0 aliphatic heterocycles. The molecule has 124 valence electrons. The lowest BCUT2D eigenvalue weighted by molar-refractivity contribution is 0.109. The Labute approximate surface area is 131 Å². The summed E-state index contributed by atoms with van der Waals surface area (Å²) in [7, 11) is 4.14. The molecule has 3 heteroatoms. The molecule has 2 saturated carbocycles. The Bertz CT molecular complexity index is 283. The molecule has 1 N–H and O–H groups in total. The van der Waals surface area contributed by atoms with Gasteiger partial charge in [-0.3, -0.25) is 0 Å². The maximum absolute atomic E-state index is 5.17. The topological polar surface area (TPSA) is 24.5 Å². The average molecular weight is 296 g/mol. The molecule has 0 spiro atoms. The van der Waals surface area contributed by atoms with Gasteiger partial charge in [-0.1, -0.05) is 25.7 Å². The van der Waals surface area contributed by atoms with Crippen LogP contribution in [-0.2, 0) is 4.74 Å². The smallest absolute Gasteiger partial charge is 0.0587 e. The summed E-state index contributed by atoms with van der Waals surface area (Å²) in [6, 6.07) is 0.768. The van der Waals surface area contributed by atoms with Crippen molar-refractivity contribution in [2.45, 2.75) is 64.3 Å². The van der Waals surface area contributed by atoms with Gasteiger partial charge in [0, 0.05) is 32.8 Å². The van der Waals surface area contributed by atoms with Gasteiger partial charge in [-0.15, -0.1) is 0 Å². The highest BCUT2D eigenvalue weighted by atomic mass is 16.5. The van der Waals surface area contributed by atoms with E-state index >= 15 is 0 Å². The summed E-state index contributed by atoms with van der Waals surface area (Å²) in [6.07, 6.45) is 11.4. The Morgan fingerprint density at radius 1 is 1.19 bits per heavy atom. The SMILES string of the molecule is COCCNCC1(CN(C)C(C)C2CC2)CCCCCC1. The number of nitrogens with zero attached hydrogens (tertiary/aromatic N) is 1. The fourth-order valence-corrected chi connectivity index (χ4v) is 4.01. The Morgan fingerprint density at radius 3 is 2.43 bits per heavy atom. The summed E-state index contributed by atoms with van der Waals surface area (Å²) in [4.78, 5) is 2.65. The Kier molecular flexibility index (Phi) is 6.97. The predicted molar refractivity (Wildman–Crippen MR) is 89.7 cm³/mol. The van der Waals surface area contributed by atoms with Crippen LogP contribution in [0.3, 0.4) is 0 Å². The fourth-order valence-electron chi connectivity index (χ4n) is 4.01. The first-order valence-electron chi connectivity index (χ1n) is 9.07. The van der Waals surface area contributed by atoms with Crippen LogP contribution in [0.2, 0.25) is 0 Å². The average Bonchev–Trinajstić information content (AvgIpc) is 3.31. The van der Waals surface area contributed by atoms with Crippen molar-refractivity contribution in [1.29, 1.82) is 0 Å². The minimum atomic E-state index is 0.488. The van der Waals surface area contributed by atoms with Crippen LogP contribution in [0, 0.1) is 11.3 Å². The van der Waals surface area contributed by atoms with Crippen LogP contribution in [-0.4, -0.2) is 51.3 Å². The zero-order valence-electron chi connectivity index (χ0n) is 14.5. The van der Waals surface area contributed by atoms with Gasteiger partial charge in [0.15, 0.2) is 0 Å². The van der Waals surface area contributed by atoms with Crippen LogP contribution >= 0.6 is 0 Å². The summed E-state index contributed by atoms with van der Waals surface area (Å²) >= 11 is 0. The zero-order chi connectivity index (χ0) is 15.1. The van der Waals surface area contributed by atoms with Gasteiger partial charge >= 0.3 is 0 Å². The van der Waals surface area contributed by atoms with E-state index in [1.807, 2.05) is 0 Å². The van der Waals surface area contributed by atoms with Gasteiger partial charge in [0.25, 0.3) is 0 Å². The number of methoxy groups -OCH3 is 1. The molecule has 0 heterocycles. The fraction of sp³-hybridized carbons (Fsp3) is 1.00. The Morgan fingerprint density at radius 2 is 1.86 bits per heavy atom. The van der Waals surface area contributed by atoms with E-state index in [-0.39, 0.29) is 0 Å². The number of ether oxygens (including phenoxy) is 1. The third-order valence-electron chi connectivity index (χ3n) is 5.73. The summed E-state index contributed by atoms with van der Waals surface area (Å²) in [5.74, 6) is 0.972. The van der Waals surface area contributed by atoms with Crippen LogP contribution in [0.5, 0.6) is 0 Å². The molecular weight excluding hydrogens is 260 g/mol. The molecule has 2 aliphatic rings. The molecule has 0 saturated heterocycles. The summed E-state index contributed by atoms with van der Waals surface area (Å²) in [5, 5.41) is 3.66. The van der Waals surface area contributed by atoms with Gasteiger partial charge in [-0.25, -0.2) is 0 Å². The molecular formula is C18H36N2O. The Hall–Kier alpha value is -0.120. The lowest BCUT2D eigenvalue weighted by Crippen LogP contribution is -2.46. The maximum Gasteiger partial charge on any atom is 0.0587 e. The first-order chi connectivity index (χ1) is 10.2. The van der Waals surface area contributed by atoms with E-state index in [0.29, 0.717) is 5.41 Å². The standard InChI is InChI=1S/C18H36N2O/c1-16(17-8-9-17)20(2)15-18(14-19-12-13-21-3)10-6-4-5-7-11-18/h16-17,19H,4-15H2,1-3H3. The van der Waals surface area contributed by atoms with Crippen molar-refractivity contribution >= 4 is 0 Å². The van der Waals surface area contributed by atoms with E-state index in [4.69, 9.17) is 4.74 Å². The van der Waals surface area contributed by atoms with Crippen molar-refractivity contribution < 1.29 is 4.74 Å². The van der Waals surface area contributed by atoms with Crippen LogP contribution in [0.1, 0.15) is 58.3 Å².